The van der Waals surface area contributed by atoms with Crippen LogP contribution in [0.3, 0.4) is 0 Å². The van der Waals surface area contributed by atoms with Crippen molar-refractivity contribution >= 4 is 17.3 Å². The van der Waals surface area contributed by atoms with Gasteiger partial charge in [-0.05, 0) is 17.9 Å². The Morgan fingerprint density at radius 3 is 2.52 bits per heavy atom. The van der Waals surface area contributed by atoms with Crippen LogP contribution in [0.1, 0.15) is 37.6 Å². The normalized spacial score (nSPS) is 12.8. The smallest absolute Gasteiger partial charge is 0.338 e. The fourth-order valence-electron chi connectivity index (χ4n) is 2.06. The van der Waals surface area contributed by atoms with Crippen LogP contribution in [0.25, 0.3) is 0 Å². The fraction of sp³-hybridized carbons (Fsp3) is 0.500. The lowest BCUT2D eigenvalue weighted by Crippen LogP contribution is -2.26. The molecule has 1 aromatic carbocycles. The SMILES string of the molecule is CC(C)(C)CC(O)CNc1c(C(=O)O)cccc1[N+](=O)[O-]. The summed E-state index contributed by atoms with van der Waals surface area (Å²) in [5.74, 6) is -1.26. The average Bonchev–Trinajstić information content (AvgIpc) is 2.33. The second kappa shape index (κ2) is 6.53. The van der Waals surface area contributed by atoms with E-state index in [0.717, 1.165) is 0 Å². The molecule has 21 heavy (non-hydrogen) atoms. The molecule has 0 bridgehead atoms. The summed E-state index contributed by atoms with van der Waals surface area (Å²) in [4.78, 5) is 21.5. The molecule has 0 aliphatic carbocycles. The number of aliphatic hydroxyl groups is 1. The monoisotopic (exact) mass is 296 g/mol. The zero-order chi connectivity index (χ0) is 16.2. The van der Waals surface area contributed by atoms with Crippen molar-refractivity contribution in [2.45, 2.75) is 33.3 Å². The van der Waals surface area contributed by atoms with Crippen LogP contribution in [0.15, 0.2) is 18.2 Å². The molecule has 1 atom stereocenters. The summed E-state index contributed by atoms with van der Waals surface area (Å²) in [6, 6.07) is 3.83. The van der Waals surface area contributed by atoms with Gasteiger partial charge in [0, 0.05) is 12.6 Å². The Bertz CT molecular complexity index is 504. The number of benzene rings is 1. The Kier molecular flexibility index (Phi) is 5.26. The van der Waals surface area contributed by atoms with Crippen molar-refractivity contribution in [2.24, 2.45) is 5.41 Å². The van der Waals surface area contributed by atoms with Gasteiger partial charge in [-0.1, -0.05) is 26.8 Å². The minimum atomic E-state index is -1.26. The molecule has 116 valence electrons. The molecule has 0 aromatic heterocycles. The van der Waals surface area contributed by atoms with Gasteiger partial charge >= 0.3 is 5.97 Å². The summed E-state index contributed by atoms with van der Waals surface area (Å²) in [5, 5.41) is 32.7. The van der Waals surface area contributed by atoms with Gasteiger partial charge in [-0.2, -0.15) is 0 Å². The molecular weight excluding hydrogens is 276 g/mol. The first-order chi connectivity index (χ1) is 9.61. The van der Waals surface area contributed by atoms with E-state index in [0.29, 0.717) is 6.42 Å². The number of hydrogen-bond acceptors (Lipinski definition) is 5. The molecule has 0 aliphatic rings. The van der Waals surface area contributed by atoms with Gasteiger partial charge in [-0.25, -0.2) is 4.79 Å². The zero-order valence-corrected chi connectivity index (χ0v) is 12.3. The number of para-hydroxylation sites is 1. The molecule has 0 radical (unpaired) electrons. The number of aliphatic hydroxyl groups excluding tert-OH is 1. The van der Waals surface area contributed by atoms with E-state index in [2.05, 4.69) is 5.32 Å². The molecule has 3 N–H and O–H groups in total. The quantitative estimate of drug-likeness (QED) is 0.549. The summed E-state index contributed by atoms with van der Waals surface area (Å²) in [7, 11) is 0. The molecule has 0 saturated heterocycles. The minimum Gasteiger partial charge on any atom is -0.478 e. The van der Waals surface area contributed by atoms with E-state index < -0.39 is 17.0 Å². The number of hydrogen-bond donors (Lipinski definition) is 3. The number of nitro groups is 1. The number of nitro benzene ring substituents is 1. The maximum Gasteiger partial charge on any atom is 0.338 e. The van der Waals surface area contributed by atoms with Gasteiger partial charge in [0.25, 0.3) is 5.69 Å². The highest BCUT2D eigenvalue weighted by molar-refractivity contribution is 5.96. The summed E-state index contributed by atoms with van der Waals surface area (Å²) in [5.41, 5.74) is -0.688. The molecule has 7 heteroatoms. The topological polar surface area (TPSA) is 113 Å². The summed E-state index contributed by atoms with van der Waals surface area (Å²) >= 11 is 0. The standard InChI is InChI=1S/C14H20N2O5/c1-14(2,3)7-9(17)8-15-12-10(13(18)19)5-4-6-11(12)16(20)21/h4-6,9,15,17H,7-8H2,1-3H3,(H,18,19). The molecular formula is C14H20N2O5. The van der Waals surface area contributed by atoms with Gasteiger partial charge in [0.2, 0.25) is 0 Å². The predicted octanol–water partition coefficient (Wildman–Crippen LogP) is 2.50. The van der Waals surface area contributed by atoms with Crippen molar-refractivity contribution in [3.63, 3.8) is 0 Å². The Morgan fingerprint density at radius 1 is 1.43 bits per heavy atom. The number of carboxylic acid groups (broad SMARTS) is 1. The molecule has 0 heterocycles. The first-order valence-corrected chi connectivity index (χ1v) is 6.54. The van der Waals surface area contributed by atoms with E-state index in [1.165, 1.54) is 18.2 Å². The van der Waals surface area contributed by atoms with Crippen molar-refractivity contribution in [2.75, 3.05) is 11.9 Å². The number of anilines is 1. The van der Waals surface area contributed by atoms with Crippen molar-refractivity contribution in [1.29, 1.82) is 0 Å². The number of nitrogens with zero attached hydrogens (tertiary/aromatic N) is 1. The van der Waals surface area contributed by atoms with Gasteiger partial charge in [0.05, 0.1) is 16.6 Å². The molecule has 0 saturated carbocycles. The van der Waals surface area contributed by atoms with Crippen LogP contribution in [0.2, 0.25) is 0 Å². The largest absolute Gasteiger partial charge is 0.478 e. The fourth-order valence-corrected chi connectivity index (χ4v) is 2.06. The van der Waals surface area contributed by atoms with Crippen molar-refractivity contribution in [1.82, 2.24) is 0 Å². The molecule has 0 aliphatic heterocycles. The molecule has 0 spiro atoms. The van der Waals surface area contributed by atoms with Gasteiger partial charge < -0.3 is 15.5 Å². The second-order valence-electron chi connectivity index (χ2n) is 6.06. The van der Waals surface area contributed by atoms with Crippen molar-refractivity contribution in [3.05, 3.63) is 33.9 Å². The first kappa shape index (κ1) is 16.9. The first-order valence-electron chi connectivity index (χ1n) is 6.54. The second-order valence-corrected chi connectivity index (χ2v) is 6.06. The average molecular weight is 296 g/mol. The molecule has 0 amide bonds. The third-order valence-electron chi connectivity index (χ3n) is 2.83. The third-order valence-corrected chi connectivity index (χ3v) is 2.83. The molecule has 0 fully saturated rings. The van der Waals surface area contributed by atoms with Crippen LogP contribution < -0.4 is 5.32 Å². The minimum absolute atomic E-state index is 0.0441. The van der Waals surface area contributed by atoms with Crippen LogP contribution in [0.4, 0.5) is 11.4 Å². The Morgan fingerprint density at radius 2 is 2.05 bits per heavy atom. The molecule has 1 aromatic rings. The highest BCUT2D eigenvalue weighted by atomic mass is 16.6. The Labute approximate surface area is 122 Å². The van der Waals surface area contributed by atoms with E-state index in [-0.39, 0.29) is 28.9 Å². The van der Waals surface area contributed by atoms with E-state index in [9.17, 15) is 20.0 Å². The zero-order valence-electron chi connectivity index (χ0n) is 12.3. The number of nitrogens with one attached hydrogen (secondary N) is 1. The van der Waals surface area contributed by atoms with Gasteiger partial charge in [0.15, 0.2) is 0 Å². The Balaban J connectivity index is 2.96. The molecule has 1 rings (SSSR count). The van der Waals surface area contributed by atoms with E-state index in [1.807, 2.05) is 20.8 Å². The van der Waals surface area contributed by atoms with Gasteiger partial charge in [-0.15, -0.1) is 0 Å². The van der Waals surface area contributed by atoms with Crippen LogP contribution >= 0.6 is 0 Å². The van der Waals surface area contributed by atoms with Gasteiger partial charge in [0.1, 0.15) is 5.69 Å². The lowest BCUT2D eigenvalue weighted by atomic mass is 9.89. The van der Waals surface area contributed by atoms with Crippen LogP contribution in [-0.2, 0) is 0 Å². The van der Waals surface area contributed by atoms with Crippen molar-refractivity contribution < 1.29 is 19.9 Å². The van der Waals surface area contributed by atoms with Crippen LogP contribution in [0, 0.1) is 15.5 Å². The highest BCUT2D eigenvalue weighted by Crippen LogP contribution is 2.29. The van der Waals surface area contributed by atoms with Gasteiger partial charge in [-0.3, -0.25) is 10.1 Å². The summed E-state index contributed by atoms with van der Waals surface area (Å²) < 4.78 is 0. The maximum absolute atomic E-state index is 11.1. The predicted molar refractivity (Wildman–Crippen MR) is 78.6 cm³/mol. The summed E-state index contributed by atoms with van der Waals surface area (Å²) in [6.45, 7) is 5.93. The highest BCUT2D eigenvalue weighted by Gasteiger charge is 2.23. The molecule has 7 nitrogen and oxygen atoms in total. The number of aromatic carboxylic acids is 1. The van der Waals surface area contributed by atoms with Crippen LogP contribution in [-0.4, -0.2) is 33.8 Å². The number of rotatable bonds is 6. The Hall–Kier alpha value is -2.15. The van der Waals surface area contributed by atoms with E-state index in [1.54, 1.807) is 0 Å². The third kappa shape index (κ3) is 5.03. The lowest BCUT2D eigenvalue weighted by Gasteiger charge is -2.23. The number of carbonyl (C=O) groups is 1. The van der Waals surface area contributed by atoms with Crippen molar-refractivity contribution in [3.8, 4) is 0 Å². The van der Waals surface area contributed by atoms with E-state index in [4.69, 9.17) is 5.11 Å². The molecule has 1 unspecified atom stereocenters. The lowest BCUT2D eigenvalue weighted by molar-refractivity contribution is -0.384. The van der Waals surface area contributed by atoms with E-state index >= 15 is 0 Å². The summed E-state index contributed by atoms with van der Waals surface area (Å²) in [6.07, 6.45) is -0.241. The number of carboxylic acids is 1. The van der Waals surface area contributed by atoms with Crippen LogP contribution in [0.5, 0.6) is 0 Å². The maximum atomic E-state index is 11.1.